The van der Waals surface area contributed by atoms with Gasteiger partial charge in [0, 0.05) is 35.6 Å². The van der Waals surface area contributed by atoms with Gasteiger partial charge in [-0.05, 0) is 30.7 Å². The molecule has 0 amide bonds. The summed E-state index contributed by atoms with van der Waals surface area (Å²) in [6, 6.07) is 14.7. The molecule has 0 fully saturated rings. The number of nitrogens with zero attached hydrogens (tertiary/aromatic N) is 1. The van der Waals surface area contributed by atoms with Gasteiger partial charge in [0.2, 0.25) is 0 Å². The molecule has 1 aliphatic heterocycles. The first-order valence-electron chi connectivity index (χ1n) is 6.04. The van der Waals surface area contributed by atoms with Crippen LogP contribution in [0.5, 0.6) is 0 Å². The van der Waals surface area contributed by atoms with Crippen molar-refractivity contribution in [3.63, 3.8) is 0 Å². The maximum Gasteiger partial charge on any atom is 0.0467 e. The second kappa shape index (κ2) is 3.81. The van der Waals surface area contributed by atoms with Crippen LogP contribution in [-0.4, -0.2) is 6.54 Å². The van der Waals surface area contributed by atoms with E-state index in [4.69, 9.17) is 5.73 Å². The Morgan fingerprint density at radius 3 is 2.65 bits per heavy atom. The van der Waals surface area contributed by atoms with E-state index >= 15 is 0 Å². The minimum absolute atomic E-state index is 0.899. The Labute approximate surface area is 102 Å². The maximum atomic E-state index is 6.09. The zero-order valence-corrected chi connectivity index (χ0v) is 9.98. The Balaban J connectivity index is 2.22. The molecule has 0 bridgehead atoms. The summed E-state index contributed by atoms with van der Waals surface area (Å²) in [5.41, 5.74) is 12.2. The highest BCUT2D eigenvalue weighted by atomic mass is 15.1. The fraction of sp³-hybridized carbons (Fsp3) is 0.200. The van der Waals surface area contributed by atoms with Crippen LogP contribution in [0.3, 0.4) is 0 Å². The van der Waals surface area contributed by atoms with Crippen molar-refractivity contribution in [1.82, 2.24) is 0 Å². The molecule has 0 aliphatic carbocycles. The standard InChI is InChI=1S/C15H16N2/c1-2-17-14-8-4-3-6-11(14)10-12-13(16)7-5-9-15(12)17/h3-9H,2,10,16H2,1H3. The second-order valence-electron chi connectivity index (χ2n) is 4.39. The normalized spacial score (nSPS) is 13.1. The van der Waals surface area contributed by atoms with E-state index in [-0.39, 0.29) is 0 Å². The number of rotatable bonds is 1. The van der Waals surface area contributed by atoms with Gasteiger partial charge in [0.25, 0.3) is 0 Å². The lowest BCUT2D eigenvalue weighted by atomic mass is 9.94. The highest BCUT2D eigenvalue weighted by molar-refractivity contribution is 5.78. The minimum Gasteiger partial charge on any atom is -0.398 e. The van der Waals surface area contributed by atoms with Crippen LogP contribution in [0.2, 0.25) is 0 Å². The number of hydrogen-bond acceptors (Lipinski definition) is 2. The van der Waals surface area contributed by atoms with Crippen molar-refractivity contribution in [1.29, 1.82) is 0 Å². The van der Waals surface area contributed by atoms with Crippen molar-refractivity contribution in [3.05, 3.63) is 53.6 Å². The van der Waals surface area contributed by atoms with Gasteiger partial charge in [-0.1, -0.05) is 24.3 Å². The third-order valence-electron chi connectivity index (χ3n) is 3.44. The van der Waals surface area contributed by atoms with Crippen LogP contribution >= 0.6 is 0 Å². The first kappa shape index (κ1) is 10.2. The van der Waals surface area contributed by atoms with E-state index in [2.05, 4.69) is 42.2 Å². The van der Waals surface area contributed by atoms with Gasteiger partial charge < -0.3 is 10.6 Å². The Morgan fingerprint density at radius 1 is 1.06 bits per heavy atom. The van der Waals surface area contributed by atoms with Gasteiger partial charge in [0.15, 0.2) is 0 Å². The average Bonchev–Trinajstić information content (AvgIpc) is 2.37. The molecule has 17 heavy (non-hydrogen) atoms. The van der Waals surface area contributed by atoms with E-state index in [9.17, 15) is 0 Å². The van der Waals surface area contributed by atoms with E-state index in [0.717, 1.165) is 18.7 Å². The molecule has 1 aliphatic rings. The third kappa shape index (κ3) is 1.48. The Bertz CT molecular complexity index is 561. The molecular weight excluding hydrogens is 208 g/mol. The van der Waals surface area contributed by atoms with Gasteiger partial charge in [0.1, 0.15) is 0 Å². The summed E-state index contributed by atoms with van der Waals surface area (Å²) in [4.78, 5) is 2.34. The molecule has 2 nitrogen and oxygen atoms in total. The lowest BCUT2D eigenvalue weighted by Gasteiger charge is -2.33. The van der Waals surface area contributed by atoms with E-state index in [1.54, 1.807) is 0 Å². The van der Waals surface area contributed by atoms with Gasteiger partial charge in [-0.3, -0.25) is 0 Å². The number of anilines is 3. The SMILES string of the molecule is CCN1c2ccccc2Cc2c(N)cccc21. The number of benzene rings is 2. The summed E-state index contributed by atoms with van der Waals surface area (Å²) >= 11 is 0. The summed E-state index contributed by atoms with van der Waals surface area (Å²) in [6.07, 6.45) is 0.939. The summed E-state index contributed by atoms with van der Waals surface area (Å²) < 4.78 is 0. The monoisotopic (exact) mass is 224 g/mol. The van der Waals surface area contributed by atoms with Crippen molar-refractivity contribution < 1.29 is 0 Å². The molecule has 2 N–H and O–H groups in total. The van der Waals surface area contributed by atoms with Crippen molar-refractivity contribution in [3.8, 4) is 0 Å². The van der Waals surface area contributed by atoms with Gasteiger partial charge in [-0.2, -0.15) is 0 Å². The summed E-state index contributed by atoms with van der Waals surface area (Å²) in [7, 11) is 0. The minimum atomic E-state index is 0.899. The van der Waals surface area contributed by atoms with Gasteiger partial charge in [-0.15, -0.1) is 0 Å². The molecule has 2 heteroatoms. The number of hydrogen-bond donors (Lipinski definition) is 1. The van der Waals surface area contributed by atoms with Crippen LogP contribution in [0.4, 0.5) is 17.1 Å². The fourth-order valence-corrected chi connectivity index (χ4v) is 2.62. The molecule has 3 rings (SSSR count). The first-order valence-corrected chi connectivity index (χ1v) is 6.04. The number of fused-ring (bicyclic) bond motifs is 2. The van der Waals surface area contributed by atoms with E-state index in [1.165, 1.54) is 22.5 Å². The highest BCUT2D eigenvalue weighted by Gasteiger charge is 2.22. The summed E-state index contributed by atoms with van der Waals surface area (Å²) in [5.74, 6) is 0. The third-order valence-corrected chi connectivity index (χ3v) is 3.44. The van der Waals surface area contributed by atoms with Crippen molar-refractivity contribution >= 4 is 17.1 Å². The molecule has 0 aromatic heterocycles. The zero-order chi connectivity index (χ0) is 11.8. The van der Waals surface area contributed by atoms with Gasteiger partial charge >= 0.3 is 0 Å². The molecule has 0 radical (unpaired) electrons. The summed E-state index contributed by atoms with van der Waals surface area (Å²) in [6.45, 7) is 3.14. The van der Waals surface area contributed by atoms with Crippen LogP contribution in [-0.2, 0) is 6.42 Å². The predicted molar refractivity (Wildman–Crippen MR) is 72.8 cm³/mol. The van der Waals surface area contributed by atoms with Crippen LogP contribution in [0.15, 0.2) is 42.5 Å². The highest BCUT2D eigenvalue weighted by Crippen LogP contribution is 2.40. The maximum absolute atomic E-state index is 6.09. The van der Waals surface area contributed by atoms with Gasteiger partial charge in [0.05, 0.1) is 0 Å². The first-order chi connectivity index (χ1) is 8.31. The Kier molecular flexibility index (Phi) is 2.29. The Morgan fingerprint density at radius 2 is 1.82 bits per heavy atom. The molecular formula is C15H16N2. The number of nitrogen functional groups attached to an aromatic ring is 1. The van der Waals surface area contributed by atoms with Crippen LogP contribution < -0.4 is 10.6 Å². The molecule has 0 spiro atoms. The lowest BCUT2D eigenvalue weighted by molar-refractivity contribution is 0.963. The lowest BCUT2D eigenvalue weighted by Crippen LogP contribution is -2.23. The molecule has 0 saturated heterocycles. The number of nitrogens with two attached hydrogens (primary N) is 1. The van der Waals surface area contributed by atoms with Crippen LogP contribution in [0.1, 0.15) is 18.1 Å². The zero-order valence-electron chi connectivity index (χ0n) is 9.98. The fourth-order valence-electron chi connectivity index (χ4n) is 2.62. The predicted octanol–water partition coefficient (Wildman–Crippen LogP) is 3.33. The Hall–Kier alpha value is -1.96. The largest absolute Gasteiger partial charge is 0.398 e. The molecule has 0 unspecified atom stereocenters. The smallest absolute Gasteiger partial charge is 0.0467 e. The van der Waals surface area contributed by atoms with Crippen molar-refractivity contribution in [2.75, 3.05) is 17.2 Å². The van der Waals surface area contributed by atoms with Crippen LogP contribution in [0.25, 0.3) is 0 Å². The van der Waals surface area contributed by atoms with Crippen molar-refractivity contribution in [2.45, 2.75) is 13.3 Å². The van der Waals surface area contributed by atoms with Crippen molar-refractivity contribution in [2.24, 2.45) is 0 Å². The molecule has 2 aromatic rings. The summed E-state index contributed by atoms with van der Waals surface area (Å²) in [5, 5.41) is 0. The van der Waals surface area contributed by atoms with Crippen LogP contribution in [0, 0.1) is 0 Å². The van der Waals surface area contributed by atoms with E-state index < -0.39 is 0 Å². The second-order valence-corrected chi connectivity index (χ2v) is 4.39. The van der Waals surface area contributed by atoms with E-state index in [1.807, 2.05) is 12.1 Å². The molecule has 2 aromatic carbocycles. The van der Waals surface area contributed by atoms with E-state index in [0.29, 0.717) is 0 Å². The molecule has 0 saturated carbocycles. The average molecular weight is 224 g/mol. The number of para-hydroxylation sites is 1. The molecule has 0 atom stereocenters. The quantitative estimate of drug-likeness (QED) is 0.753. The molecule has 1 heterocycles. The molecule has 86 valence electrons. The topological polar surface area (TPSA) is 29.3 Å². The van der Waals surface area contributed by atoms with Gasteiger partial charge in [-0.25, -0.2) is 0 Å².